The minimum atomic E-state index is -4.79. The van der Waals surface area contributed by atoms with E-state index in [4.69, 9.17) is 4.52 Å². The van der Waals surface area contributed by atoms with E-state index in [1.165, 1.54) is 23.1 Å². The average Bonchev–Trinajstić information content (AvgIpc) is 3.32. The third kappa shape index (κ3) is 3.66. The molecule has 0 unspecified atom stereocenters. The number of alkyl halides is 3. The molecule has 3 heterocycles. The molecule has 0 fully saturated rings. The number of aromatic hydroxyl groups is 1. The molecule has 29 heavy (non-hydrogen) atoms. The van der Waals surface area contributed by atoms with Crippen molar-refractivity contribution < 1.29 is 27.2 Å². The maximum Gasteiger partial charge on any atom is 0.423 e. The van der Waals surface area contributed by atoms with Crippen LogP contribution in [0.25, 0.3) is 22.9 Å². The molecule has 0 saturated carbocycles. The van der Waals surface area contributed by atoms with Crippen LogP contribution in [-0.4, -0.2) is 30.0 Å². The highest BCUT2D eigenvalue weighted by Crippen LogP contribution is 2.35. The van der Waals surface area contributed by atoms with Crippen molar-refractivity contribution in [3.05, 3.63) is 65.8 Å². The highest BCUT2D eigenvalue weighted by atomic mass is 19.4. The van der Waals surface area contributed by atoms with Gasteiger partial charge in [0.1, 0.15) is 29.0 Å². The van der Waals surface area contributed by atoms with Crippen molar-refractivity contribution in [1.29, 1.82) is 0 Å². The van der Waals surface area contributed by atoms with Crippen LogP contribution in [0.3, 0.4) is 0 Å². The monoisotopic (exact) mass is 405 g/mol. The minimum absolute atomic E-state index is 0.0154. The number of halogens is 4. The summed E-state index contributed by atoms with van der Waals surface area (Å²) >= 11 is 0. The predicted octanol–water partition coefficient (Wildman–Crippen LogP) is 3.91. The van der Waals surface area contributed by atoms with Crippen molar-refractivity contribution in [2.75, 3.05) is 0 Å². The van der Waals surface area contributed by atoms with E-state index in [1.54, 1.807) is 24.3 Å². The second-order valence-corrected chi connectivity index (χ2v) is 5.98. The molecule has 0 radical (unpaired) electrons. The van der Waals surface area contributed by atoms with E-state index in [9.17, 15) is 22.7 Å². The Hall–Kier alpha value is -3.76. The molecule has 0 bridgehead atoms. The van der Waals surface area contributed by atoms with Crippen LogP contribution in [0.15, 0.2) is 53.4 Å². The lowest BCUT2D eigenvalue weighted by Gasteiger charge is -2.08. The van der Waals surface area contributed by atoms with Gasteiger partial charge in [0.05, 0.1) is 12.2 Å². The van der Waals surface area contributed by atoms with Crippen LogP contribution in [0, 0.1) is 5.82 Å². The lowest BCUT2D eigenvalue weighted by molar-refractivity contribution is -0.139. The zero-order valence-electron chi connectivity index (χ0n) is 14.4. The average molecular weight is 405 g/mol. The first-order chi connectivity index (χ1) is 13.8. The van der Waals surface area contributed by atoms with E-state index in [0.717, 1.165) is 0 Å². The normalized spacial score (nSPS) is 11.7. The van der Waals surface area contributed by atoms with E-state index in [1.807, 2.05) is 0 Å². The fourth-order valence-electron chi connectivity index (χ4n) is 2.68. The van der Waals surface area contributed by atoms with E-state index in [-0.39, 0.29) is 18.1 Å². The molecule has 0 aliphatic rings. The molecular formula is C18H11F4N5O2. The summed E-state index contributed by atoms with van der Waals surface area (Å²) in [5.41, 5.74) is -0.175. The highest BCUT2D eigenvalue weighted by Gasteiger charge is 2.35. The molecule has 0 atom stereocenters. The van der Waals surface area contributed by atoms with Gasteiger partial charge in [-0.2, -0.15) is 23.3 Å². The highest BCUT2D eigenvalue weighted by molar-refractivity contribution is 5.62. The first-order valence-electron chi connectivity index (χ1n) is 8.18. The third-order valence-electron chi connectivity index (χ3n) is 4.06. The second kappa shape index (κ2) is 7.00. The minimum Gasteiger partial charge on any atom is -0.493 e. The molecule has 4 rings (SSSR count). The van der Waals surface area contributed by atoms with Crippen LogP contribution < -0.4 is 0 Å². The van der Waals surface area contributed by atoms with Crippen LogP contribution >= 0.6 is 0 Å². The second-order valence-electron chi connectivity index (χ2n) is 5.98. The molecule has 4 aromatic rings. The molecule has 0 saturated heterocycles. The summed E-state index contributed by atoms with van der Waals surface area (Å²) in [7, 11) is 0. The zero-order chi connectivity index (χ0) is 20.6. The van der Waals surface area contributed by atoms with Gasteiger partial charge in [-0.25, -0.2) is 9.37 Å². The summed E-state index contributed by atoms with van der Waals surface area (Å²) in [6.07, 6.45) is -2.99. The van der Waals surface area contributed by atoms with Crippen LogP contribution in [0.2, 0.25) is 0 Å². The van der Waals surface area contributed by atoms with Crippen LogP contribution in [0.4, 0.5) is 17.6 Å². The molecule has 1 aromatic carbocycles. The van der Waals surface area contributed by atoms with Crippen molar-refractivity contribution in [3.63, 3.8) is 0 Å². The fraction of sp³-hybridized carbons (Fsp3) is 0.111. The SMILES string of the molecule is Oc1nc(-c2cc(-c3ccon3)n(Cc3ccccc3F)n2)ncc1C(F)(F)F. The summed E-state index contributed by atoms with van der Waals surface area (Å²) in [6, 6.07) is 9.08. The summed E-state index contributed by atoms with van der Waals surface area (Å²) < 4.78 is 58.7. The Morgan fingerprint density at radius 1 is 1.10 bits per heavy atom. The molecule has 0 amide bonds. The molecule has 148 valence electrons. The topological polar surface area (TPSA) is 89.9 Å². The molecule has 0 aliphatic carbocycles. The molecular weight excluding hydrogens is 394 g/mol. The molecule has 0 aliphatic heterocycles. The summed E-state index contributed by atoms with van der Waals surface area (Å²) in [4.78, 5) is 7.15. The first-order valence-corrected chi connectivity index (χ1v) is 8.18. The smallest absolute Gasteiger partial charge is 0.423 e. The van der Waals surface area contributed by atoms with Crippen LogP contribution in [0.1, 0.15) is 11.1 Å². The Labute approximate surface area is 160 Å². The summed E-state index contributed by atoms with van der Waals surface area (Å²) in [5, 5.41) is 17.7. The van der Waals surface area contributed by atoms with Crippen molar-refractivity contribution in [1.82, 2.24) is 24.9 Å². The van der Waals surface area contributed by atoms with Crippen molar-refractivity contribution in [2.45, 2.75) is 12.7 Å². The zero-order valence-corrected chi connectivity index (χ0v) is 14.4. The molecule has 3 aromatic heterocycles. The molecule has 0 spiro atoms. The van der Waals surface area contributed by atoms with E-state index >= 15 is 0 Å². The number of benzene rings is 1. The van der Waals surface area contributed by atoms with Gasteiger partial charge in [0.25, 0.3) is 0 Å². The lowest BCUT2D eigenvalue weighted by atomic mass is 10.2. The summed E-state index contributed by atoms with van der Waals surface area (Å²) in [5.74, 6) is -1.89. The Morgan fingerprint density at radius 3 is 2.55 bits per heavy atom. The maximum absolute atomic E-state index is 14.0. The van der Waals surface area contributed by atoms with Crippen molar-refractivity contribution in [2.24, 2.45) is 0 Å². The first kappa shape index (κ1) is 18.6. The Balaban J connectivity index is 1.78. The quantitative estimate of drug-likeness (QED) is 0.518. The Morgan fingerprint density at radius 2 is 1.90 bits per heavy atom. The van der Waals surface area contributed by atoms with Gasteiger partial charge in [0, 0.05) is 17.8 Å². The van der Waals surface area contributed by atoms with Gasteiger partial charge < -0.3 is 9.63 Å². The van der Waals surface area contributed by atoms with E-state index in [2.05, 4.69) is 20.2 Å². The number of aromatic nitrogens is 5. The summed E-state index contributed by atoms with van der Waals surface area (Å²) in [6.45, 7) is 0.0154. The van der Waals surface area contributed by atoms with Gasteiger partial charge in [-0.15, -0.1) is 0 Å². The van der Waals surface area contributed by atoms with Crippen molar-refractivity contribution in [3.8, 4) is 28.8 Å². The number of hydrogen-bond donors (Lipinski definition) is 1. The van der Waals surface area contributed by atoms with E-state index in [0.29, 0.717) is 23.1 Å². The van der Waals surface area contributed by atoms with Gasteiger partial charge in [-0.3, -0.25) is 4.68 Å². The number of nitrogens with zero attached hydrogens (tertiary/aromatic N) is 5. The van der Waals surface area contributed by atoms with Crippen LogP contribution in [-0.2, 0) is 12.7 Å². The Bertz CT molecular complexity index is 1160. The predicted molar refractivity (Wildman–Crippen MR) is 90.9 cm³/mol. The maximum atomic E-state index is 14.0. The standard InChI is InChI=1S/C18H11F4N5O2/c19-12-4-2-1-3-10(12)9-27-15(13-5-6-29-26-13)7-14(25-27)16-23-8-11(17(28)24-16)18(20,21)22/h1-8H,9H2,(H,23,24,28). The molecule has 1 N–H and O–H groups in total. The third-order valence-corrected chi connectivity index (χ3v) is 4.06. The largest absolute Gasteiger partial charge is 0.493 e. The lowest BCUT2D eigenvalue weighted by Crippen LogP contribution is -2.08. The van der Waals surface area contributed by atoms with Gasteiger partial charge >= 0.3 is 6.18 Å². The number of hydrogen-bond acceptors (Lipinski definition) is 6. The van der Waals surface area contributed by atoms with Gasteiger partial charge in [-0.1, -0.05) is 23.4 Å². The number of rotatable bonds is 4. The van der Waals surface area contributed by atoms with Gasteiger partial charge in [0.2, 0.25) is 5.88 Å². The molecule has 7 nitrogen and oxygen atoms in total. The fourth-order valence-corrected chi connectivity index (χ4v) is 2.68. The Kier molecular flexibility index (Phi) is 4.49. The van der Waals surface area contributed by atoms with Crippen LogP contribution in [0.5, 0.6) is 5.88 Å². The molecule has 11 heteroatoms. The van der Waals surface area contributed by atoms with Gasteiger partial charge in [-0.05, 0) is 12.1 Å². The van der Waals surface area contributed by atoms with Gasteiger partial charge in [0.15, 0.2) is 5.82 Å². The van der Waals surface area contributed by atoms with E-state index < -0.39 is 23.4 Å². The van der Waals surface area contributed by atoms with Crippen molar-refractivity contribution >= 4 is 0 Å².